The largest absolute Gasteiger partial charge is 0.478 e. The van der Waals surface area contributed by atoms with Crippen molar-refractivity contribution < 1.29 is 23.5 Å². The predicted molar refractivity (Wildman–Crippen MR) is 72.4 cm³/mol. The molecule has 0 fully saturated rings. The zero-order valence-electron chi connectivity index (χ0n) is 11.9. The highest BCUT2D eigenvalue weighted by atomic mass is 19.1. The third-order valence-corrected chi connectivity index (χ3v) is 2.69. The number of carbonyl (C=O) groups is 2. The van der Waals surface area contributed by atoms with E-state index >= 15 is 0 Å². The highest BCUT2D eigenvalue weighted by Gasteiger charge is 2.23. The molecule has 0 bridgehead atoms. The van der Waals surface area contributed by atoms with Gasteiger partial charge in [-0.3, -0.25) is 4.79 Å². The lowest BCUT2D eigenvalue weighted by Crippen LogP contribution is -2.29. The summed E-state index contributed by atoms with van der Waals surface area (Å²) in [7, 11) is 0. The molecule has 0 aromatic heterocycles. The number of benzene rings is 1. The molecule has 110 valence electrons. The molecule has 0 N–H and O–H groups in total. The number of ether oxygens (including phenoxy) is 2. The van der Waals surface area contributed by atoms with Gasteiger partial charge in [0.15, 0.2) is 11.9 Å². The molecule has 0 aliphatic rings. The summed E-state index contributed by atoms with van der Waals surface area (Å²) >= 11 is 0. The molecule has 0 spiro atoms. The van der Waals surface area contributed by atoms with E-state index in [4.69, 9.17) is 9.47 Å². The molecule has 0 aliphatic carbocycles. The molecule has 0 radical (unpaired) electrons. The second-order valence-corrected chi connectivity index (χ2v) is 4.34. The Hall–Kier alpha value is -1.91. The lowest BCUT2D eigenvalue weighted by Gasteiger charge is -2.18. The Morgan fingerprint density at radius 3 is 2.55 bits per heavy atom. The molecule has 4 nitrogen and oxygen atoms in total. The maximum absolute atomic E-state index is 13.3. The fourth-order valence-corrected chi connectivity index (χ4v) is 1.76. The van der Waals surface area contributed by atoms with Gasteiger partial charge in [-0.05, 0) is 32.4 Å². The molecular weight excluding hydrogens is 263 g/mol. The first-order chi connectivity index (χ1) is 9.49. The minimum atomic E-state index is -0.833. The van der Waals surface area contributed by atoms with Crippen LogP contribution in [0.5, 0.6) is 5.75 Å². The van der Waals surface area contributed by atoms with Crippen molar-refractivity contribution in [2.45, 2.75) is 39.7 Å². The Labute approximate surface area is 117 Å². The molecular formula is C15H19FO4. The molecule has 0 heterocycles. The van der Waals surface area contributed by atoms with Gasteiger partial charge in [0.25, 0.3) is 0 Å². The van der Waals surface area contributed by atoms with Crippen LogP contribution in [-0.4, -0.2) is 24.5 Å². The zero-order chi connectivity index (χ0) is 15.1. The van der Waals surface area contributed by atoms with E-state index < -0.39 is 17.9 Å². The Morgan fingerprint density at radius 1 is 1.30 bits per heavy atom. The molecule has 5 heteroatoms. The molecule has 1 rings (SSSR count). The SMILES string of the molecule is CCCC(Oc1cc(F)ccc1C(C)=O)C(=O)OCC. The third-order valence-electron chi connectivity index (χ3n) is 2.69. The van der Waals surface area contributed by atoms with Crippen molar-refractivity contribution in [3.63, 3.8) is 0 Å². The molecule has 20 heavy (non-hydrogen) atoms. The van der Waals surface area contributed by atoms with E-state index in [-0.39, 0.29) is 23.7 Å². The van der Waals surface area contributed by atoms with Gasteiger partial charge in [0.2, 0.25) is 0 Å². The first-order valence-electron chi connectivity index (χ1n) is 6.63. The van der Waals surface area contributed by atoms with Gasteiger partial charge in [-0.15, -0.1) is 0 Å². The minimum Gasteiger partial charge on any atom is -0.478 e. The maximum atomic E-state index is 13.3. The molecule has 0 aliphatic heterocycles. The Bertz CT molecular complexity index is 485. The van der Waals surface area contributed by atoms with Gasteiger partial charge >= 0.3 is 5.97 Å². The second-order valence-electron chi connectivity index (χ2n) is 4.34. The van der Waals surface area contributed by atoms with Crippen LogP contribution in [0.15, 0.2) is 18.2 Å². The van der Waals surface area contributed by atoms with Gasteiger partial charge in [-0.2, -0.15) is 0 Å². The summed E-state index contributed by atoms with van der Waals surface area (Å²) in [6, 6.07) is 3.64. The summed E-state index contributed by atoms with van der Waals surface area (Å²) in [5.74, 6) is -1.21. The molecule has 1 atom stereocenters. The van der Waals surface area contributed by atoms with Gasteiger partial charge in [0, 0.05) is 6.07 Å². The van der Waals surface area contributed by atoms with Gasteiger partial charge in [-0.25, -0.2) is 9.18 Å². The van der Waals surface area contributed by atoms with Crippen molar-refractivity contribution in [2.75, 3.05) is 6.61 Å². The lowest BCUT2D eigenvalue weighted by atomic mass is 10.1. The van der Waals surface area contributed by atoms with E-state index in [2.05, 4.69) is 0 Å². The summed E-state index contributed by atoms with van der Waals surface area (Å²) in [4.78, 5) is 23.3. The van der Waals surface area contributed by atoms with E-state index in [1.807, 2.05) is 6.92 Å². The van der Waals surface area contributed by atoms with Crippen molar-refractivity contribution in [3.8, 4) is 5.75 Å². The number of halogens is 1. The Balaban J connectivity index is 3.00. The van der Waals surface area contributed by atoms with Gasteiger partial charge in [-0.1, -0.05) is 13.3 Å². The van der Waals surface area contributed by atoms with Crippen LogP contribution in [0, 0.1) is 5.82 Å². The van der Waals surface area contributed by atoms with E-state index in [9.17, 15) is 14.0 Å². The Morgan fingerprint density at radius 2 is 2.00 bits per heavy atom. The van der Waals surface area contributed by atoms with Crippen LogP contribution in [0.25, 0.3) is 0 Å². The van der Waals surface area contributed by atoms with E-state index in [1.54, 1.807) is 6.92 Å². The predicted octanol–water partition coefficient (Wildman–Crippen LogP) is 3.14. The fourth-order valence-electron chi connectivity index (χ4n) is 1.76. The third kappa shape index (κ3) is 4.33. The summed E-state index contributed by atoms with van der Waals surface area (Å²) in [5.41, 5.74) is 0.247. The standard InChI is InChI=1S/C15H19FO4/c1-4-6-13(15(18)19-5-2)20-14-9-11(16)7-8-12(14)10(3)17/h7-9,13H,4-6H2,1-3H3. The van der Waals surface area contributed by atoms with Crippen molar-refractivity contribution in [3.05, 3.63) is 29.6 Å². The van der Waals surface area contributed by atoms with Crippen LogP contribution in [0.2, 0.25) is 0 Å². The topological polar surface area (TPSA) is 52.6 Å². The number of esters is 1. The fraction of sp³-hybridized carbons (Fsp3) is 0.467. The number of Topliss-reactive ketones (excluding diaryl/α,β-unsaturated/α-hetero) is 1. The highest BCUT2D eigenvalue weighted by molar-refractivity contribution is 5.96. The van der Waals surface area contributed by atoms with E-state index in [0.717, 1.165) is 6.07 Å². The Kier molecular flexibility index (Phi) is 6.15. The summed E-state index contributed by atoms with van der Waals surface area (Å²) < 4.78 is 23.7. The number of hydrogen-bond donors (Lipinski definition) is 0. The molecule has 0 saturated carbocycles. The van der Waals surface area contributed by atoms with Crippen molar-refractivity contribution in [2.24, 2.45) is 0 Å². The number of ketones is 1. The monoisotopic (exact) mass is 282 g/mol. The quantitative estimate of drug-likeness (QED) is 0.569. The van der Waals surface area contributed by atoms with Crippen LogP contribution in [0.4, 0.5) is 4.39 Å². The van der Waals surface area contributed by atoms with E-state index in [1.165, 1.54) is 19.1 Å². The smallest absolute Gasteiger partial charge is 0.347 e. The van der Waals surface area contributed by atoms with Gasteiger partial charge < -0.3 is 9.47 Å². The van der Waals surface area contributed by atoms with Gasteiger partial charge in [0.05, 0.1) is 12.2 Å². The van der Waals surface area contributed by atoms with E-state index in [0.29, 0.717) is 12.8 Å². The molecule has 0 saturated heterocycles. The van der Waals surface area contributed by atoms with Crippen LogP contribution in [0.3, 0.4) is 0 Å². The summed E-state index contributed by atoms with van der Waals surface area (Å²) in [6.45, 7) is 5.20. The summed E-state index contributed by atoms with van der Waals surface area (Å²) in [6.07, 6.45) is 0.306. The number of hydrogen-bond acceptors (Lipinski definition) is 4. The minimum absolute atomic E-state index is 0.0732. The first kappa shape index (κ1) is 16.1. The maximum Gasteiger partial charge on any atom is 0.347 e. The highest BCUT2D eigenvalue weighted by Crippen LogP contribution is 2.23. The van der Waals surface area contributed by atoms with Crippen LogP contribution in [-0.2, 0) is 9.53 Å². The summed E-state index contributed by atoms with van der Waals surface area (Å²) in [5, 5.41) is 0. The van der Waals surface area contributed by atoms with Crippen molar-refractivity contribution >= 4 is 11.8 Å². The van der Waals surface area contributed by atoms with Gasteiger partial charge in [0.1, 0.15) is 11.6 Å². The average molecular weight is 282 g/mol. The molecule has 1 aromatic rings. The second kappa shape index (κ2) is 7.62. The van der Waals surface area contributed by atoms with Crippen molar-refractivity contribution in [1.82, 2.24) is 0 Å². The normalized spacial score (nSPS) is 11.8. The molecule has 1 aromatic carbocycles. The van der Waals surface area contributed by atoms with Crippen molar-refractivity contribution in [1.29, 1.82) is 0 Å². The lowest BCUT2D eigenvalue weighted by molar-refractivity contribution is -0.151. The van der Waals surface area contributed by atoms with Crippen LogP contribution < -0.4 is 4.74 Å². The molecule has 1 unspecified atom stereocenters. The van der Waals surface area contributed by atoms with Crippen LogP contribution >= 0.6 is 0 Å². The molecule has 0 amide bonds. The zero-order valence-corrected chi connectivity index (χ0v) is 11.9. The number of rotatable bonds is 7. The average Bonchev–Trinajstić information content (AvgIpc) is 2.38. The first-order valence-corrected chi connectivity index (χ1v) is 6.63. The number of carbonyl (C=O) groups excluding carboxylic acids is 2. The van der Waals surface area contributed by atoms with Crippen LogP contribution in [0.1, 0.15) is 44.0 Å².